The Labute approximate surface area is 139 Å². The maximum absolute atomic E-state index is 12.5. The molecule has 24 heavy (non-hydrogen) atoms. The number of nitrogens with one attached hydrogen (secondary N) is 1. The molecule has 0 saturated carbocycles. The van der Waals surface area contributed by atoms with Crippen molar-refractivity contribution in [2.75, 3.05) is 7.11 Å². The molecule has 0 unspecified atom stereocenters. The van der Waals surface area contributed by atoms with Crippen LogP contribution in [0.3, 0.4) is 0 Å². The van der Waals surface area contributed by atoms with Crippen LogP contribution >= 0.6 is 0 Å². The van der Waals surface area contributed by atoms with E-state index in [2.05, 4.69) is 21.0 Å². The summed E-state index contributed by atoms with van der Waals surface area (Å²) < 4.78 is 5.24. The van der Waals surface area contributed by atoms with Crippen LogP contribution in [0.4, 0.5) is 0 Å². The lowest BCUT2D eigenvalue weighted by Crippen LogP contribution is -2.15. The normalized spacial score (nSPS) is 11.9. The highest BCUT2D eigenvalue weighted by Gasteiger charge is 2.25. The fourth-order valence-electron chi connectivity index (χ4n) is 3.17. The summed E-state index contributed by atoms with van der Waals surface area (Å²) in [5.74, 6) is 1.46. The van der Waals surface area contributed by atoms with Crippen molar-refractivity contribution in [3.8, 4) is 17.0 Å². The van der Waals surface area contributed by atoms with E-state index in [1.807, 2.05) is 31.2 Å². The molecule has 0 aliphatic heterocycles. The third-order valence-corrected chi connectivity index (χ3v) is 4.25. The van der Waals surface area contributed by atoms with Crippen LogP contribution in [0.1, 0.15) is 28.2 Å². The van der Waals surface area contributed by atoms with Crippen molar-refractivity contribution in [1.82, 2.24) is 15.0 Å². The van der Waals surface area contributed by atoms with Gasteiger partial charge in [-0.2, -0.15) is 0 Å². The molecule has 0 spiro atoms. The molecule has 1 aliphatic carbocycles. The lowest BCUT2D eigenvalue weighted by molar-refractivity contribution is 0.414. The Bertz CT molecular complexity index is 992. The van der Waals surface area contributed by atoms with Gasteiger partial charge in [0.25, 0.3) is 5.56 Å². The van der Waals surface area contributed by atoms with Crippen LogP contribution in [-0.2, 0) is 12.8 Å². The second kappa shape index (κ2) is 5.60. The van der Waals surface area contributed by atoms with E-state index in [-0.39, 0.29) is 5.56 Å². The molecule has 120 valence electrons. The van der Waals surface area contributed by atoms with Gasteiger partial charge in [0.2, 0.25) is 0 Å². The molecule has 0 radical (unpaired) electrons. The predicted octanol–water partition coefficient (Wildman–Crippen LogP) is 2.64. The molecule has 2 aromatic heterocycles. The van der Waals surface area contributed by atoms with Crippen molar-refractivity contribution in [2.24, 2.45) is 0 Å². The summed E-state index contributed by atoms with van der Waals surface area (Å²) in [5.41, 5.74) is 5.27. The Morgan fingerprint density at radius 2 is 2.17 bits per heavy atom. The molecule has 0 bridgehead atoms. The summed E-state index contributed by atoms with van der Waals surface area (Å²) in [6, 6.07) is 9.85. The molecule has 0 atom stereocenters. The van der Waals surface area contributed by atoms with E-state index in [4.69, 9.17) is 4.74 Å². The minimum absolute atomic E-state index is 0.118. The number of nitrogens with zero attached hydrogens (tertiary/aromatic N) is 2. The lowest BCUT2D eigenvalue weighted by Gasteiger charge is -2.06. The van der Waals surface area contributed by atoms with Gasteiger partial charge in [0.1, 0.15) is 11.6 Å². The van der Waals surface area contributed by atoms with Crippen LogP contribution in [0, 0.1) is 6.92 Å². The van der Waals surface area contributed by atoms with Gasteiger partial charge in [-0.1, -0.05) is 18.2 Å². The Balaban J connectivity index is 1.72. The number of H-pyrrole nitrogens is 1. The molecular weight excluding hydrogens is 302 g/mol. The van der Waals surface area contributed by atoms with Crippen molar-refractivity contribution in [3.05, 3.63) is 75.1 Å². The minimum atomic E-state index is -0.118. The molecule has 0 fully saturated rings. The third-order valence-electron chi connectivity index (χ3n) is 4.25. The molecule has 5 heteroatoms. The molecule has 3 aromatic rings. The zero-order valence-corrected chi connectivity index (χ0v) is 13.6. The van der Waals surface area contributed by atoms with Crippen LogP contribution in [-0.4, -0.2) is 22.1 Å². The molecule has 1 aromatic carbocycles. The molecule has 1 N–H and O–H groups in total. The SMILES string of the molecule is COc1cccc(Cc2nc3c(c(=O)[nH]2)-c2ncc(C)cc2C3)c1. The van der Waals surface area contributed by atoms with Gasteiger partial charge in [0.15, 0.2) is 0 Å². The molecule has 5 nitrogen and oxygen atoms in total. The van der Waals surface area contributed by atoms with Gasteiger partial charge < -0.3 is 9.72 Å². The summed E-state index contributed by atoms with van der Waals surface area (Å²) in [5, 5.41) is 0. The first-order valence-corrected chi connectivity index (χ1v) is 7.85. The Hall–Kier alpha value is -2.95. The quantitative estimate of drug-likeness (QED) is 0.630. The van der Waals surface area contributed by atoms with Gasteiger partial charge in [-0.25, -0.2) is 4.98 Å². The summed E-state index contributed by atoms with van der Waals surface area (Å²) in [4.78, 5) is 24.5. The number of hydrogen-bond donors (Lipinski definition) is 1. The number of hydrogen-bond acceptors (Lipinski definition) is 4. The van der Waals surface area contributed by atoms with Crippen molar-refractivity contribution in [1.29, 1.82) is 0 Å². The summed E-state index contributed by atoms with van der Waals surface area (Å²) in [7, 11) is 1.64. The highest BCUT2D eigenvalue weighted by molar-refractivity contribution is 5.71. The van der Waals surface area contributed by atoms with Gasteiger partial charge in [-0.15, -0.1) is 0 Å². The fraction of sp³-hybridized carbons (Fsp3) is 0.211. The van der Waals surface area contributed by atoms with Crippen LogP contribution in [0.2, 0.25) is 0 Å². The van der Waals surface area contributed by atoms with Crippen LogP contribution < -0.4 is 10.3 Å². The highest BCUT2D eigenvalue weighted by Crippen LogP contribution is 2.31. The molecule has 0 saturated heterocycles. The number of rotatable bonds is 3. The smallest absolute Gasteiger partial charge is 0.260 e. The Kier molecular flexibility index (Phi) is 3.41. The second-order valence-electron chi connectivity index (χ2n) is 6.06. The molecule has 2 heterocycles. The van der Waals surface area contributed by atoms with E-state index in [0.29, 0.717) is 24.2 Å². The van der Waals surface area contributed by atoms with Gasteiger partial charge >= 0.3 is 0 Å². The second-order valence-corrected chi connectivity index (χ2v) is 6.06. The number of fused-ring (bicyclic) bond motifs is 3. The Morgan fingerprint density at radius 3 is 3.00 bits per heavy atom. The number of methoxy groups -OCH3 is 1. The Morgan fingerprint density at radius 1 is 1.29 bits per heavy atom. The largest absolute Gasteiger partial charge is 0.497 e. The first-order valence-electron chi connectivity index (χ1n) is 7.85. The zero-order valence-electron chi connectivity index (χ0n) is 13.6. The van der Waals surface area contributed by atoms with Gasteiger partial charge in [-0.3, -0.25) is 9.78 Å². The van der Waals surface area contributed by atoms with E-state index in [9.17, 15) is 4.79 Å². The van der Waals surface area contributed by atoms with E-state index in [1.165, 1.54) is 0 Å². The number of aryl methyl sites for hydroxylation is 1. The van der Waals surface area contributed by atoms with Crippen LogP contribution in [0.15, 0.2) is 41.3 Å². The lowest BCUT2D eigenvalue weighted by atomic mass is 10.1. The zero-order chi connectivity index (χ0) is 16.7. The van der Waals surface area contributed by atoms with Crippen molar-refractivity contribution >= 4 is 0 Å². The summed E-state index contributed by atoms with van der Waals surface area (Å²) in [6.45, 7) is 2.00. The van der Waals surface area contributed by atoms with E-state index < -0.39 is 0 Å². The molecule has 4 rings (SSSR count). The van der Waals surface area contributed by atoms with E-state index in [0.717, 1.165) is 33.8 Å². The van der Waals surface area contributed by atoms with Crippen molar-refractivity contribution in [3.63, 3.8) is 0 Å². The van der Waals surface area contributed by atoms with Gasteiger partial charge in [0.05, 0.1) is 24.1 Å². The average Bonchev–Trinajstić information content (AvgIpc) is 2.92. The topological polar surface area (TPSA) is 67.9 Å². The maximum atomic E-state index is 12.5. The first-order chi connectivity index (χ1) is 11.6. The maximum Gasteiger partial charge on any atom is 0.260 e. The highest BCUT2D eigenvalue weighted by atomic mass is 16.5. The molecule has 0 amide bonds. The number of ether oxygens (including phenoxy) is 1. The molecular formula is C19H17N3O2. The average molecular weight is 319 g/mol. The van der Waals surface area contributed by atoms with E-state index >= 15 is 0 Å². The summed E-state index contributed by atoms with van der Waals surface area (Å²) >= 11 is 0. The fourth-order valence-corrected chi connectivity index (χ4v) is 3.17. The van der Waals surface area contributed by atoms with Crippen LogP contribution in [0.25, 0.3) is 11.3 Å². The van der Waals surface area contributed by atoms with E-state index in [1.54, 1.807) is 13.3 Å². The first kappa shape index (κ1) is 14.6. The monoisotopic (exact) mass is 319 g/mol. The summed E-state index contributed by atoms with van der Waals surface area (Å²) in [6.07, 6.45) is 3.01. The van der Waals surface area contributed by atoms with Gasteiger partial charge in [0, 0.05) is 19.0 Å². The van der Waals surface area contributed by atoms with Gasteiger partial charge in [-0.05, 0) is 35.7 Å². The van der Waals surface area contributed by atoms with Crippen molar-refractivity contribution < 1.29 is 4.74 Å². The number of aromatic amines is 1. The number of benzene rings is 1. The minimum Gasteiger partial charge on any atom is -0.497 e. The van der Waals surface area contributed by atoms with Crippen LogP contribution in [0.5, 0.6) is 5.75 Å². The molecule has 1 aliphatic rings. The van der Waals surface area contributed by atoms with Crippen molar-refractivity contribution in [2.45, 2.75) is 19.8 Å². The standard InChI is InChI=1S/C19H17N3O2/c1-11-6-13-9-15-17(18(13)20-10-11)19(23)22-16(21-15)8-12-4-3-5-14(7-12)24-2/h3-7,10H,8-9H2,1-2H3,(H,21,22,23). The predicted molar refractivity (Wildman–Crippen MR) is 91.4 cm³/mol. The number of pyridine rings is 1. The number of aromatic nitrogens is 3. The third kappa shape index (κ3) is 2.48.